The Labute approximate surface area is 128 Å². The minimum atomic E-state index is -0.332. The molecule has 0 unspecified atom stereocenters. The van der Waals surface area contributed by atoms with Crippen molar-refractivity contribution in [3.8, 4) is 23.0 Å². The summed E-state index contributed by atoms with van der Waals surface area (Å²) in [4.78, 5) is 0. The van der Waals surface area contributed by atoms with Gasteiger partial charge in [-0.3, -0.25) is 0 Å². The fourth-order valence-corrected chi connectivity index (χ4v) is 2.47. The topological polar surface area (TPSA) is 49.7 Å². The molecule has 2 aromatic carbocycles. The van der Waals surface area contributed by atoms with Crippen LogP contribution in [0.4, 0.5) is 0 Å². The molecule has 0 aromatic heterocycles. The number of hydrogen-bond acceptors (Lipinski definition) is 3. The summed E-state index contributed by atoms with van der Waals surface area (Å²) in [7, 11) is 0. The van der Waals surface area contributed by atoms with Gasteiger partial charge in [0.05, 0.1) is 15.1 Å². The van der Waals surface area contributed by atoms with Crippen molar-refractivity contribution in [2.45, 2.75) is 0 Å². The normalized spacial score (nSPS) is 10.5. The number of hydrogen-bond donors (Lipinski definition) is 2. The molecule has 2 rings (SSSR count). The summed E-state index contributed by atoms with van der Waals surface area (Å²) < 4.78 is 5.37. The average molecular weight is 340 g/mol. The van der Waals surface area contributed by atoms with Crippen LogP contribution in [0.15, 0.2) is 24.3 Å². The average Bonchev–Trinajstić information content (AvgIpc) is 2.29. The van der Waals surface area contributed by atoms with Gasteiger partial charge in [-0.25, -0.2) is 0 Å². The Kier molecular flexibility index (Phi) is 4.21. The van der Waals surface area contributed by atoms with Crippen LogP contribution in [0.1, 0.15) is 0 Å². The van der Waals surface area contributed by atoms with Gasteiger partial charge in [-0.1, -0.05) is 46.4 Å². The molecule has 0 amide bonds. The van der Waals surface area contributed by atoms with Crippen LogP contribution in [0.2, 0.25) is 20.1 Å². The van der Waals surface area contributed by atoms with Crippen molar-refractivity contribution in [1.82, 2.24) is 0 Å². The summed E-state index contributed by atoms with van der Waals surface area (Å²) in [5, 5.41) is 19.8. The molecule has 0 saturated heterocycles. The molecular weight excluding hydrogens is 334 g/mol. The van der Waals surface area contributed by atoms with E-state index in [-0.39, 0.29) is 38.1 Å². The van der Waals surface area contributed by atoms with Gasteiger partial charge in [-0.2, -0.15) is 0 Å². The van der Waals surface area contributed by atoms with Gasteiger partial charge in [0.2, 0.25) is 0 Å². The third kappa shape index (κ3) is 3.12. The smallest absolute Gasteiger partial charge is 0.177 e. The van der Waals surface area contributed by atoms with Crippen molar-refractivity contribution < 1.29 is 14.9 Å². The van der Waals surface area contributed by atoms with Gasteiger partial charge in [0.15, 0.2) is 17.2 Å². The van der Waals surface area contributed by atoms with E-state index in [0.29, 0.717) is 5.02 Å². The maximum Gasteiger partial charge on any atom is 0.177 e. The van der Waals surface area contributed by atoms with Crippen LogP contribution in [0.5, 0.6) is 23.0 Å². The number of ether oxygens (including phenoxy) is 1. The second-order valence-corrected chi connectivity index (χ2v) is 5.23. The lowest BCUT2D eigenvalue weighted by Gasteiger charge is -2.12. The summed E-state index contributed by atoms with van der Waals surface area (Å²) in [6.45, 7) is 0. The molecule has 3 nitrogen and oxygen atoms in total. The molecule has 0 aliphatic rings. The van der Waals surface area contributed by atoms with E-state index < -0.39 is 0 Å². The third-order valence-corrected chi connectivity index (χ3v) is 3.26. The van der Waals surface area contributed by atoms with Crippen molar-refractivity contribution in [3.63, 3.8) is 0 Å². The Morgan fingerprint density at radius 3 is 1.95 bits per heavy atom. The molecule has 0 spiro atoms. The molecule has 0 bridgehead atoms. The van der Waals surface area contributed by atoms with Crippen molar-refractivity contribution in [1.29, 1.82) is 0 Å². The molecule has 0 aliphatic carbocycles. The van der Waals surface area contributed by atoms with Gasteiger partial charge in [0.25, 0.3) is 0 Å². The lowest BCUT2D eigenvalue weighted by molar-refractivity contribution is 0.404. The summed E-state index contributed by atoms with van der Waals surface area (Å²) in [6, 6.07) is 5.23. The van der Waals surface area contributed by atoms with Crippen molar-refractivity contribution >= 4 is 46.4 Å². The first-order valence-corrected chi connectivity index (χ1v) is 6.43. The SMILES string of the molecule is Oc1cc(Cl)c(O)c(Oc2c(Cl)cc(Cl)cc2Cl)c1. The summed E-state index contributed by atoms with van der Waals surface area (Å²) in [5.41, 5.74) is 0. The van der Waals surface area contributed by atoms with E-state index in [9.17, 15) is 10.2 Å². The highest BCUT2D eigenvalue weighted by Gasteiger charge is 2.15. The van der Waals surface area contributed by atoms with Crippen LogP contribution in [0, 0.1) is 0 Å². The molecule has 0 saturated carbocycles. The number of halogens is 4. The standard InChI is InChI=1S/C12H6Cl4O3/c13-5-1-8(15)12(9(16)2-5)19-10-4-6(17)3-7(14)11(10)18/h1-4,17-18H. The Balaban J connectivity index is 2.48. The number of aromatic hydroxyl groups is 2. The lowest BCUT2D eigenvalue weighted by Crippen LogP contribution is -1.88. The minimum absolute atomic E-state index is 0.0591. The first kappa shape index (κ1) is 14.4. The maximum absolute atomic E-state index is 9.74. The van der Waals surface area contributed by atoms with Crippen LogP contribution in [0.3, 0.4) is 0 Å². The quantitative estimate of drug-likeness (QED) is 0.710. The second kappa shape index (κ2) is 5.55. The van der Waals surface area contributed by atoms with Gasteiger partial charge in [0, 0.05) is 17.2 Å². The Hall–Kier alpha value is -1.000. The van der Waals surface area contributed by atoms with Crippen molar-refractivity contribution in [2.75, 3.05) is 0 Å². The zero-order chi connectivity index (χ0) is 14.2. The summed E-state index contributed by atoms with van der Waals surface area (Å²) >= 11 is 23.4. The third-order valence-electron chi connectivity index (χ3n) is 2.19. The summed E-state index contributed by atoms with van der Waals surface area (Å²) in [6.07, 6.45) is 0. The molecule has 100 valence electrons. The molecule has 2 aromatic rings. The van der Waals surface area contributed by atoms with Crippen LogP contribution < -0.4 is 4.74 Å². The first-order valence-electron chi connectivity index (χ1n) is 4.92. The van der Waals surface area contributed by atoms with Gasteiger partial charge >= 0.3 is 0 Å². The molecule has 0 fully saturated rings. The van der Waals surface area contributed by atoms with Crippen LogP contribution in [0.25, 0.3) is 0 Å². The van der Waals surface area contributed by atoms with Crippen molar-refractivity contribution in [2.24, 2.45) is 0 Å². The van der Waals surface area contributed by atoms with Crippen LogP contribution >= 0.6 is 46.4 Å². The van der Waals surface area contributed by atoms with Gasteiger partial charge in [-0.05, 0) is 12.1 Å². The van der Waals surface area contributed by atoms with Gasteiger partial charge < -0.3 is 14.9 Å². The van der Waals surface area contributed by atoms with E-state index in [2.05, 4.69) is 0 Å². The molecule has 0 heterocycles. The van der Waals surface area contributed by atoms with E-state index in [1.165, 1.54) is 24.3 Å². The largest absolute Gasteiger partial charge is 0.508 e. The Bertz CT molecular complexity index is 620. The number of phenols is 2. The summed E-state index contributed by atoms with van der Waals surface area (Å²) in [5.74, 6) is -0.471. The number of phenolic OH excluding ortho intramolecular Hbond substituents is 2. The first-order chi connectivity index (χ1) is 8.88. The molecule has 7 heteroatoms. The molecule has 0 radical (unpaired) electrons. The van der Waals surface area contributed by atoms with Crippen LogP contribution in [-0.4, -0.2) is 10.2 Å². The van der Waals surface area contributed by atoms with E-state index >= 15 is 0 Å². The van der Waals surface area contributed by atoms with E-state index in [1.54, 1.807) is 0 Å². The van der Waals surface area contributed by atoms with E-state index in [0.717, 1.165) is 0 Å². The zero-order valence-electron chi connectivity index (χ0n) is 9.12. The Morgan fingerprint density at radius 2 is 1.37 bits per heavy atom. The van der Waals surface area contributed by atoms with E-state index in [4.69, 9.17) is 51.1 Å². The maximum atomic E-state index is 9.74. The predicted molar refractivity (Wildman–Crippen MR) is 76.3 cm³/mol. The highest BCUT2D eigenvalue weighted by Crippen LogP contribution is 2.44. The minimum Gasteiger partial charge on any atom is -0.508 e. The fourth-order valence-electron chi connectivity index (χ4n) is 1.37. The molecule has 0 aliphatic heterocycles. The van der Waals surface area contributed by atoms with E-state index in [1.807, 2.05) is 0 Å². The molecule has 2 N–H and O–H groups in total. The van der Waals surface area contributed by atoms with Gasteiger partial charge in [-0.15, -0.1) is 0 Å². The number of rotatable bonds is 2. The molecular formula is C12H6Cl4O3. The lowest BCUT2D eigenvalue weighted by atomic mass is 10.3. The highest BCUT2D eigenvalue weighted by molar-refractivity contribution is 6.40. The second-order valence-electron chi connectivity index (χ2n) is 3.57. The Morgan fingerprint density at radius 1 is 0.789 bits per heavy atom. The van der Waals surface area contributed by atoms with Crippen molar-refractivity contribution in [3.05, 3.63) is 44.4 Å². The fraction of sp³-hybridized carbons (Fsp3) is 0. The highest BCUT2D eigenvalue weighted by atomic mass is 35.5. The zero-order valence-corrected chi connectivity index (χ0v) is 12.1. The van der Waals surface area contributed by atoms with Crippen LogP contribution in [-0.2, 0) is 0 Å². The monoisotopic (exact) mass is 338 g/mol. The van der Waals surface area contributed by atoms with Gasteiger partial charge in [0.1, 0.15) is 5.75 Å². The number of benzene rings is 2. The predicted octanol–water partition coefficient (Wildman–Crippen LogP) is 5.50. The molecule has 19 heavy (non-hydrogen) atoms. The molecule has 0 atom stereocenters.